The molecule has 0 aliphatic rings. The zero-order chi connectivity index (χ0) is 14.3. The maximum atomic E-state index is 13.2. The van der Waals surface area contributed by atoms with Crippen molar-refractivity contribution in [2.75, 3.05) is 13.7 Å². The molecule has 19 heavy (non-hydrogen) atoms. The molecule has 1 rings (SSSR count). The predicted molar refractivity (Wildman–Crippen MR) is 81.0 cm³/mol. The van der Waals surface area contributed by atoms with Crippen molar-refractivity contribution in [2.45, 2.75) is 45.3 Å². The topological polar surface area (TPSA) is 21.3 Å². The fraction of sp³-hybridized carbons (Fsp3) is 0.600. The quantitative estimate of drug-likeness (QED) is 0.779. The molecule has 0 radical (unpaired) electrons. The van der Waals surface area contributed by atoms with Crippen molar-refractivity contribution >= 4 is 15.9 Å². The highest BCUT2D eigenvalue weighted by molar-refractivity contribution is 9.10. The maximum absolute atomic E-state index is 13.2. The second kappa shape index (κ2) is 8.67. The molecule has 0 aromatic heterocycles. The van der Waals surface area contributed by atoms with Crippen LogP contribution in [0, 0.1) is 5.82 Å². The summed E-state index contributed by atoms with van der Waals surface area (Å²) in [7, 11) is 1.76. The van der Waals surface area contributed by atoms with Crippen LogP contribution in [0.5, 0.6) is 0 Å². The average Bonchev–Trinajstić information content (AvgIpc) is 2.40. The zero-order valence-corrected chi connectivity index (χ0v) is 13.5. The normalized spacial score (nSPS) is 14.4. The van der Waals surface area contributed by atoms with E-state index in [0.29, 0.717) is 4.47 Å². The Hall–Kier alpha value is -0.450. The van der Waals surface area contributed by atoms with Crippen molar-refractivity contribution in [2.24, 2.45) is 0 Å². The smallest absolute Gasteiger partial charge is 0.137 e. The molecule has 1 aromatic rings. The third-order valence-corrected chi connectivity index (χ3v) is 3.84. The first kappa shape index (κ1) is 16.6. The highest BCUT2D eigenvalue weighted by atomic mass is 79.9. The second-order valence-corrected chi connectivity index (χ2v) is 5.53. The van der Waals surface area contributed by atoms with Gasteiger partial charge in [0.25, 0.3) is 0 Å². The lowest BCUT2D eigenvalue weighted by Crippen LogP contribution is -2.42. The van der Waals surface area contributed by atoms with Crippen LogP contribution in [-0.4, -0.2) is 25.8 Å². The van der Waals surface area contributed by atoms with E-state index in [9.17, 15) is 4.39 Å². The third-order valence-electron chi connectivity index (χ3n) is 3.23. The predicted octanol–water partition coefficient (Wildman–Crippen LogP) is 3.92. The third kappa shape index (κ3) is 5.21. The lowest BCUT2D eigenvalue weighted by atomic mass is 9.98. The first-order valence-electron chi connectivity index (χ1n) is 6.82. The van der Waals surface area contributed by atoms with E-state index < -0.39 is 0 Å². The van der Waals surface area contributed by atoms with Crippen LogP contribution in [0.2, 0.25) is 0 Å². The lowest BCUT2D eigenvalue weighted by molar-refractivity contribution is 0.0614. The van der Waals surface area contributed by atoms with E-state index in [1.165, 1.54) is 6.07 Å². The summed E-state index contributed by atoms with van der Waals surface area (Å²) in [5.41, 5.74) is 1.11. The van der Waals surface area contributed by atoms with Gasteiger partial charge in [-0.3, -0.25) is 0 Å². The van der Waals surface area contributed by atoms with Gasteiger partial charge in [-0.15, -0.1) is 0 Å². The Morgan fingerprint density at radius 2 is 2.11 bits per heavy atom. The lowest BCUT2D eigenvalue weighted by Gasteiger charge is -2.26. The molecule has 1 N–H and O–H groups in total. The van der Waals surface area contributed by atoms with Gasteiger partial charge in [-0.05, 0) is 53.0 Å². The number of rotatable bonds is 8. The number of nitrogens with one attached hydrogen (secondary N) is 1. The molecule has 108 valence electrons. The minimum absolute atomic E-state index is 0.189. The van der Waals surface area contributed by atoms with E-state index in [0.717, 1.165) is 31.4 Å². The Morgan fingerprint density at radius 1 is 1.37 bits per heavy atom. The summed E-state index contributed by atoms with van der Waals surface area (Å²) >= 11 is 3.23. The molecule has 4 heteroatoms. The van der Waals surface area contributed by atoms with Crippen LogP contribution in [0.3, 0.4) is 0 Å². The fourth-order valence-electron chi connectivity index (χ4n) is 2.29. The van der Waals surface area contributed by atoms with Gasteiger partial charge >= 0.3 is 0 Å². The summed E-state index contributed by atoms with van der Waals surface area (Å²) in [5.74, 6) is -0.222. The number of benzene rings is 1. The first-order valence-corrected chi connectivity index (χ1v) is 7.61. The Kier molecular flexibility index (Phi) is 7.57. The van der Waals surface area contributed by atoms with Gasteiger partial charge < -0.3 is 10.1 Å². The van der Waals surface area contributed by atoms with Gasteiger partial charge in [0.1, 0.15) is 5.82 Å². The molecule has 0 bridgehead atoms. The zero-order valence-electron chi connectivity index (χ0n) is 11.9. The van der Waals surface area contributed by atoms with Crippen LogP contribution in [0.25, 0.3) is 0 Å². The van der Waals surface area contributed by atoms with E-state index in [1.807, 2.05) is 12.1 Å². The van der Waals surface area contributed by atoms with Crippen LogP contribution < -0.4 is 5.32 Å². The summed E-state index contributed by atoms with van der Waals surface area (Å²) in [6.07, 6.45) is 3.14. The van der Waals surface area contributed by atoms with Gasteiger partial charge in [-0.2, -0.15) is 0 Å². The number of methoxy groups -OCH3 is 1. The van der Waals surface area contributed by atoms with Crippen LogP contribution >= 0.6 is 15.9 Å². The van der Waals surface area contributed by atoms with E-state index in [1.54, 1.807) is 7.11 Å². The summed E-state index contributed by atoms with van der Waals surface area (Å²) in [6.45, 7) is 5.15. The standard InChI is InChI=1S/C15H23BrFNO/c1-4-6-15(19-3)14(18-5-2)10-11-7-8-13(17)12(16)9-11/h7-9,14-15,18H,4-6,10H2,1-3H3. The molecule has 0 spiro atoms. The Labute approximate surface area is 123 Å². The van der Waals surface area contributed by atoms with Crippen molar-refractivity contribution in [1.82, 2.24) is 5.32 Å². The molecular weight excluding hydrogens is 309 g/mol. The van der Waals surface area contributed by atoms with Gasteiger partial charge in [-0.1, -0.05) is 26.3 Å². The maximum Gasteiger partial charge on any atom is 0.137 e. The van der Waals surface area contributed by atoms with Crippen molar-refractivity contribution in [3.63, 3.8) is 0 Å². The molecule has 0 fully saturated rings. The van der Waals surface area contributed by atoms with Crippen LogP contribution in [0.15, 0.2) is 22.7 Å². The van der Waals surface area contributed by atoms with Gasteiger partial charge in [0.05, 0.1) is 10.6 Å². The molecule has 0 saturated heterocycles. The largest absolute Gasteiger partial charge is 0.380 e. The number of hydrogen-bond donors (Lipinski definition) is 1. The Balaban J connectivity index is 2.78. The van der Waals surface area contributed by atoms with Gasteiger partial charge in [0.15, 0.2) is 0 Å². The Morgan fingerprint density at radius 3 is 2.63 bits per heavy atom. The SMILES string of the molecule is CCCC(OC)C(Cc1ccc(F)c(Br)c1)NCC. The molecule has 0 amide bonds. The van der Waals surface area contributed by atoms with E-state index >= 15 is 0 Å². The average molecular weight is 332 g/mol. The summed E-state index contributed by atoms with van der Waals surface area (Å²) in [6, 6.07) is 5.44. The van der Waals surface area contributed by atoms with Crippen molar-refractivity contribution in [3.8, 4) is 0 Å². The van der Waals surface area contributed by atoms with E-state index in [2.05, 4.69) is 35.1 Å². The van der Waals surface area contributed by atoms with Crippen LogP contribution in [0.4, 0.5) is 4.39 Å². The molecular formula is C15H23BrFNO. The summed E-state index contributed by atoms with van der Waals surface area (Å²) < 4.78 is 19.3. The van der Waals surface area contributed by atoms with Crippen molar-refractivity contribution < 1.29 is 9.13 Å². The fourth-order valence-corrected chi connectivity index (χ4v) is 2.71. The minimum atomic E-state index is -0.222. The summed E-state index contributed by atoms with van der Waals surface area (Å²) in [5, 5.41) is 3.47. The van der Waals surface area contributed by atoms with Gasteiger partial charge in [0.2, 0.25) is 0 Å². The Bertz CT molecular complexity index is 386. The number of likely N-dealkylation sites (N-methyl/N-ethyl adjacent to an activating group) is 1. The monoisotopic (exact) mass is 331 g/mol. The molecule has 0 heterocycles. The number of halogens is 2. The second-order valence-electron chi connectivity index (χ2n) is 4.68. The highest BCUT2D eigenvalue weighted by Crippen LogP contribution is 2.19. The van der Waals surface area contributed by atoms with Crippen molar-refractivity contribution in [1.29, 1.82) is 0 Å². The van der Waals surface area contributed by atoms with Gasteiger partial charge in [-0.25, -0.2) is 4.39 Å². The minimum Gasteiger partial charge on any atom is -0.380 e. The van der Waals surface area contributed by atoms with E-state index in [-0.39, 0.29) is 18.0 Å². The van der Waals surface area contributed by atoms with Gasteiger partial charge in [0, 0.05) is 13.2 Å². The first-order chi connectivity index (χ1) is 9.12. The van der Waals surface area contributed by atoms with Crippen molar-refractivity contribution in [3.05, 3.63) is 34.1 Å². The van der Waals surface area contributed by atoms with E-state index in [4.69, 9.17) is 4.74 Å². The molecule has 2 nitrogen and oxygen atoms in total. The highest BCUT2D eigenvalue weighted by Gasteiger charge is 2.20. The number of ether oxygens (including phenoxy) is 1. The van der Waals surface area contributed by atoms with Crippen LogP contribution in [-0.2, 0) is 11.2 Å². The molecule has 0 saturated carbocycles. The molecule has 1 aromatic carbocycles. The summed E-state index contributed by atoms with van der Waals surface area (Å²) in [4.78, 5) is 0. The molecule has 0 aliphatic carbocycles. The molecule has 2 atom stereocenters. The number of hydrogen-bond acceptors (Lipinski definition) is 2. The van der Waals surface area contributed by atoms with Crippen LogP contribution in [0.1, 0.15) is 32.3 Å². The molecule has 0 aliphatic heterocycles. The molecule has 2 unspecified atom stereocenters.